The third-order valence-corrected chi connectivity index (χ3v) is 3.39. The van der Waals surface area contributed by atoms with Crippen LogP contribution in [-0.2, 0) is 6.54 Å². The van der Waals surface area contributed by atoms with Crippen molar-refractivity contribution >= 4 is 0 Å². The molecule has 1 N–H and O–H groups in total. The zero-order chi connectivity index (χ0) is 15.2. The van der Waals surface area contributed by atoms with Gasteiger partial charge >= 0.3 is 0 Å². The molecule has 0 aliphatic carbocycles. The Morgan fingerprint density at radius 1 is 1.05 bits per heavy atom. The van der Waals surface area contributed by atoms with E-state index in [1.54, 1.807) is 6.07 Å². The summed E-state index contributed by atoms with van der Waals surface area (Å²) in [5.41, 5.74) is 1.69. The SMILES string of the molecule is CCNCc1c(F)cccc1Oc1ccccc1C(C)C. The third-order valence-electron chi connectivity index (χ3n) is 3.39. The smallest absolute Gasteiger partial charge is 0.134 e. The highest BCUT2D eigenvalue weighted by Gasteiger charge is 2.13. The molecular weight excluding hydrogens is 265 g/mol. The second-order valence-corrected chi connectivity index (χ2v) is 5.29. The largest absolute Gasteiger partial charge is 0.457 e. The zero-order valence-electron chi connectivity index (χ0n) is 12.8. The van der Waals surface area contributed by atoms with Gasteiger partial charge in [-0.1, -0.05) is 45.0 Å². The lowest BCUT2D eigenvalue weighted by atomic mass is 10.0. The summed E-state index contributed by atoms with van der Waals surface area (Å²) in [5.74, 6) is 1.47. The van der Waals surface area contributed by atoms with Crippen LogP contribution in [-0.4, -0.2) is 6.54 Å². The Kier molecular flexibility index (Phi) is 5.34. The Balaban J connectivity index is 2.33. The molecule has 0 fully saturated rings. The summed E-state index contributed by atoms with van der Waals surface area (Å²) in [6.07, 6.45) is 0. The Morgan fingerprint density at radius 3 is 2.48 bits per heavy atom. The molecule has 0 saturated heterocycles. The van der Waals surface area contributed by atoms with Crippen molar-refractivity contribution in [3.8, 4) is 11.5 Å². The quantitative estimate of drug-likeness (QED) is 0.820. The van der Waals surface area contributed by atoms with Gasteiger partial charge in [-0.15, -0.1) is 0 Å². The fraction of sp³-hybridized carbons (Fsp3) is 0.333. The summed E-state index contributed by atoms with van der Waals surface area (Å²) in [6, 6.07) is 12.9. The van der Waals surface area contributed by atoms with E-state index in [0.717, 1.165) is 17.9 Å². The number of hydrogen-bond acceptors (Lipinski definition) is 2. The number of nitrogens with one attached hydrogen (secondary N) is 1. The summed E-state index contributed by atoms with van der Waals surface area (Å²) >= 11 is 0. The number of ether oxygens (including phenoxy) is 1. The van der Waals surface area contributed by atoms with Crippen LogP contribution >= 0.6 is 0 Å². The maximum absolute atomic E-state index is 14.0. The van der Waals surface area contributed by atoms with E-state index in [1.165, 1.54) is 6.07 Å². The molecule has 0 atom stereocenters. The zero-order valence-corrected chi connectivity index (χ0v) is 12.8. The summed E-state index contributed by atoms with van der Waals surface area (Å²) in [4.78, 5) is 0. The fourth-order valence-corrected chi connectivity index (χ4v) is 2.22. The van der Waals surface area contributed by atoms with Crippen molar-refractivity contribution in [2.75, 3.05) is 6.54 Å². The Morgan fingerprint density at radius 2 is 1.76 bits per heavy atom. The molecule has 0 aliphatic rings. The number of halogens is 1. The summed E-state index contributed by atoms with van der Waals surface area (Å²) < 4.78 is 20.0. The van der Waals surface area contributed by atoms with Crippen molar-refractivity contribution in [3.63, 3.8) is 0 Å². The van der Waals surface area contributed by atoms with E-state index in [9.17, 15) is 4.39 Å². The second-order valence-electron chi connectivity index (χ2n) is 5.29. The van der Waals surface area contributed by atoms with Gasteiger partial charge < -0.3 is 10.1 Å². The van der Waals surface area contributed by atoms with Gasteiger partial charge in [-0.2, -0.15) is 0 Å². The van der Waals surface area contributed by atoms with Crippen molar-refractivity contribution < 1.29 is 9.13 Å². The van der Waals surface area contributed by atoms with Gasteiger partial charge in [0.05, 0.1) is 0 Å². The normalized spacial score (nSPS) is 10.9. The molecule has 0 spiro atoms. The lowest BCUT2D eigenvalue weighted by Gasteiger charge is -2.16. The van der Waals surface area contributed by atoms with Crippen LogP contribution < -0.4 is 10.1 Å². The molecular formula is C18H22FNO. The minimum Gasteiger partial charge on any atom is -0.457 e. The number of hydrogen-bond donors (Lipinski definition) is 1. The van der Waals surface area contributed by atoms with Gasteiger partial charge in [-0.3, -0.25) is 0 Å². The number of benzene rings is 2. The van der Waals surface area contributed by atoms with E-state index in [1.807, 2.05) is 37.3 Å². The molecule has 2 nitrogen and oxygen atoms in total. The van der Waals surface area contributed by atoms with Crippen LogP contribution in [0.3, 0.4) is 0 Å². The minimum absolute atomic E-state index is 0.240. The summed E-state index contributed by atoms with van der Waals surface area (Å²) in [5, 5.41) is 3.15. The maximum Gasteiger partial charge on any atom is 0.134 e. The average molecular weight is 287 g/mol. The van der Waals surface area contributed by atoms with Gasteiger partial charge in [0.25, 0.3) is 0 Å². The van der Waals surface area contributed by atoms with E-state index >= 15 is 0 Å². The van der Waals surface area contributed by atoms with Crippen molar-refractivity contribution in [1.82, 2.24) is 5.32 Å². The first kappa shape index (κ1) is 15.5. The maximum atomic E-state index is 14.0. The van der Waals surface area contributed by atoms with Gasteiger partial charge in [-0.25, -0.2) is 4.39 Å². The van der Waals surface area contributed by atoms with Crippen LogP contribution in [0, 0.1) is 5.82 Å². The van der Waals surface area contributed by atoms with E-state index in [4.69, 9.17) is 4.74 Å². The molecule has 3 heteroatoms. The first-order valence-corrected chi connectivity index (χ1v) is 7.38. The minimum atomic E-state index is -0.240. The standard InChI is InChI=1S/C18H22FNO/c1-4-20-12-15-16(19)9-7-11-18(15)21-17-10-6-5-8-14(17)13(2)3/h5-11,13,20H,4,12H2,1-3H3. The van der Waals surface area contributed by atoms with Crippen molar-refractivity contribution in [1.29, 1.82) is 0 Å². The molecule has 2 aromatic carbocycles. The highest BCUT2D eigenvalue weighted by atomic mass is 19.1. The summed E-state index contributed by atoms with van der Waals surface area (Å²) in [6.45, 7) is 7.48. The van der Waals surface area contributed by atoms with Gasteiger partial charge in [0.15, 0.2) is 0 Å². The van der Waals surface area contributed by atoms with Crippen LogP contribution in [0.1, 0.15) is 37.8 Å². The highest BCUT2D eigenvalue weighted by Crippen LogP contribution is 2.32. The van der Waals surface area contributed by atoms with E-state index in [2.05, 4.69) is 19.2 Å². The molecule has 0 amide bonds. The lowest BCUT2D eigenvalue weighted by molar-refractivity contribution is 0.455. The third kappa shape index (κ3) is 3.82. The molecule has 0 radical (unpaired) electrons. The van der Waals surface area contributed by atoms with Crippen molar-refractivity contribution in [2.45, 2.75) is 33.2 Å². The first-order valence-electron chi connectivity index (χ1n) is 7.38. The number of rotatable bonds is 6. The second kappa shape index (κ2) is 7.23. The Bertz CT molecular complexity index is 596. The molecule has 0 aliphatic heterocycles. The van der Waals surface area contributed by atoms with E-state index < -0.39 is 0 Å². The number of para-hydroxylation sites is 1. The predicted octanol–water partition coefficient (Wildman–Crippen LogP) is 4.85. The lowest BCUT2D eigenvalue weighted by Crippen LogP contribution is -2.13. The molecule has 112 valence electrons. The molecule has 0 unspecified atom stereocenters. The van der Waals surface area contributed by atoms with Crippen molar-refractivity contribution in [3.05, 3.63) is 59.4 Å². The Labute approximate surface area is 126 Å². The molecule has 0 aromatic heterocycles. The average Bonchev–Trinajstić information content (AvgIpc) is 2.47. The topological polar surface area (TPSA) is 21.3 Å². The molecule has 0 saturated carbocycles. The van der Waals surface area contributed by atoms with Crippen LogP contribution in [0.15, 0.2) is 42.5 Å². The summed E-state index contributed by atoms with van der Waals surface area (Å²) in [7, 11) is 0. The molecule has 21 heavy (non-hydrogen) atoms. The van der Waals surface area contributed by atoms with Crippen molar-refractivity contribution in [2.24, 2.45) is 0 Å². The molecule has 2 rings (SSSR count). The van der Waals surface area contributed by atoms with Gasteiger partial charge in [0, 0.05) is 12.1 Å². The van der Waals surface area contributed by atoms with Crippen LogP contribution in [0.5, 0.6) is 11.5 Å². The molecule has 0 heterocycles. The predicted molar refractivity (Wildman–Crippen MR) is 84.4 cm³/mol. The van der Waals surface area contributed by atoms with Gasteiger partial charge in [0.2, 0.25) is 0 Å². The van der Waals surface area contributed by atoms with E-state index in [-0.39, 0.29) is 5.82 Å². The van der Waals surface area contributed by atoms with Crippen LogP contribution in [0.4, 0.5) is 4.39 Å². The molecule has 0 bridgehead atoms. The highest BCUT2D eigenvalue weighted by molar-refractivity contribution is 5.43. The Hall–Kier alpha value is -1.87. The van der Waals surface area contributed by atoms with Crippen LogP contribution in [0.25, 0.3) is 0 Å². The van der Waals surface area contributed by atoms with Gasteiger partial charge in [-0.05, 0) is 36.2 Å². The van der Waals surface area contributed by atoms with Gasteiger partial charge in [0.1, 0.15) is 17.3 Å². The molecule has 2 aromatic rings. The first-order chi connectivity index (χ1) is 10.1. The van der Waals surface area contributed by atoms with E-state index in [0.29, 0.717) is 23.8 Å². The fourth-order valence-electron chi connectivity index (χ4n) is 2.22. The van der Waals surface area contributed by atoms with Crippen LogP contribution in [0.2, 0.25) is 0 Å². The monoisotopic (exact) mass is 287 g/mol.